The van der Waals surface area contributed by atoms with Crippen molar-refractivity contribution < 1.29 is 4.74 Å². The van der Waals surface area contributed by atoms with Crippen molar-refractivity contribution >= 4 is 33.6 Å². The van der Waals surface area contributed by atoms with Gasteiger partial charge in [-0.05, 0) is 28.7 Å². The van der Waals surface area contributed by atoms with E-state index < -0.39 is 0 Å². The number of methoxy groups -OCH3 is 1. The van der Waals surface area contributed by atoms with Crippen LogP contribution in [-0.2, 0) is 0 Å². The van der Waals surface area contributed by atoms with Crippen molar-refractivity contribution in [1.29, 1.82) is 0 Å². The van der Waals surface area contributed by atoms with E-state index in [1.54, 1.807) is 13.4 Å². The largest absolute Gasteiger partial charge is 0.497 e. The minimum atomic E-state index is 0.858. The highest BCUT2D eigenvalue weighted by Gasteiger charge is 2.03. The normalized spacial score (nSPS) is 10.5. The number of imidazole rings is 1. The Labute approximate surface area is 83.3 Å². The molecule has 1 N–H and O–H groups in total. The third kappa shape index (κ3) is 1.16. The van der Waals surface area contributed by atoms with Crippen LogP contribution in [0.3, 0.4) is 0 Å². The Morgan fingerprint density at radius 1 is 1.50 bits per heavy atom. The molecule has 62 valence electrons. The highest BCUT2D eigenvalue weighted by atomic mass is 127. The maximum absolute atomic E-state index is 5.12. The number of hydrogen-bond acceptors (Lipinski definition) is 2. The maximum Gasteiger partial charge on any atom is 0.122 e. The Morgan fingerprint density at radius 2 is 2.33 bits per heavy atom. The molecule has 1 aromatic carbocycles. The second-order valence-electron chi connectivity index (χ2n) is 2.41. The molecule has 0 atom stereocenters. The van der Waals surface area contributed by atoms with Gasteiger partial charge in [-0.3, -0.25) is 0 Å². The predicted octanol–water partition coefficient (Wildman–Crippen LogP) is 2.18. The van der Waals surface area contributed by atoms with Crippen LogP contribution in [0.15, 0.2) is 18.5 Å². The first-order valence-electron chi connectivity index (χ1n) is 3.48. The lowest BCUT2D eigenvalue weighted by molar-refractivity contribution is 0.415. The molecule has 1 aromatic heterocycles. The average molecular weight is 274 g/mol. The number of aromatic nitrogens is 2. The topological polar surface area (TPSA) is 37.9 Å². The molecule has 0 saturated carbocycles. The molecule has 0 aliphatic carbocycles. The van der Waals surface area contributed by atoms with E-state index >= 15 is 0 Å². The summed E-state index contributed by atoms with van der Waals surface area (Å²) in [5, 5.41) is 0. The third-order valence-corrected chi connectivity index (χ3v) is 2.51. The van der Waals surface area contributed by atoms with Crippen LogP contribution in [0.1, 0.15) is 0 Å². The highest BCUT2D eigenvalue weighted by molar-refractivity contribution is 14.1. The zero-order valence-corrected chi connectivity index (χ0v) is 8.62. The highest BCUT2D eigenvalue weighted by Crippen LogP contribution is 2.23. The van der Waals surface area contributed by atoms with Crippen LogP contribution in [-0.4, -0.2) is 17.1 Å². The fourth-order valence-corrected chi connectivity index (χ4v) is 1.84. The van der Waals surface area contributed by atoms with Crippen LogP contribution in [0.5, 0.6) is 5.75 Å². The van der Waals surface area contributed by atoms with Gasteiger partial charge in [0, 0.05) is 9.64 Å². The number of ether oxygens (including phenoxy) is 1. The lowest BCUT2D eigenvalue weighted by atomic mass is 10.3. The quantitative estimate of drug-likeness (QED) is 0.809. The molecule has 0 saturated heterocycles. The third-order valence-electron chi connectivity index (χ3n) is 1.69. The predicted molar refractivity (Wildman–Crippen MR) is 55.4 cm³/mol. The van der Waals surface area contributed by atoms with Crippen LogP contribution in [0.4, 0.5) is 0 Å². The molecule has 0 aliphatic rings. The van der Waals surface area contributed by atoms with E-state index in [0.717, 1.165) is 20.4 Å². The van der Waals surface area contributed by atoms with Gasteiger partial charge >= 0.3 is 0 Å². The Bertz CT molecular complexity index is 410. The molecule has 0 aliphatic heterocycles. The van der Waals surface area contributed by atoms with Crippen LogP contribution in [0.2, 0.25) is 0 Å². The van der Waals surface area contributed by atoms with Gasteiger partial charge in [-0.1, -0.05) is 0 Å². The summed E-state index contributed by atoms with van der Waals surface area (Å²) in [4.78, 5) is 7.21. The van der Waals surface area contributed by atoms with Gasteiger partial charge in [-0.25, -0.2) is 4.98 Å². The monoisotopic (exact) mass is 274 g/mol. The van der Waals surface area contributed by atoms with Crippen molar-refractivity contribution in [3.63, 3.8) is 0 Å². The number of nitrogens with one attached hydrogen (secondary N) is 1. The van der Waals surface area contributed by atoms with E-state index in [-0.39, 0.29) is 0 Å². The standard InChI is InChI=1S/C8H7IN2O/c1-12-5-2-6(9)8-7(3-5)10-4-11-8/h2-4H,1H3,(H,10,11). The minimum Gasteiger partial charge on any atom is -0.497 e. The van der Waals surface area contributed by atoms with Gasteiger partial charge in [0.1, 0.15) is 11.3 Å². The van der Waals surface area contributed by atoms with Gasteiger partial charge in [0.25, 0.3) is 0 Å². The van der Waals surface area contributed by atoms with Crippen molar-refractivity contribution in [1.82, 2.24) is 9.97 Å². The van der Waals surface area contributed by atoms with Gasteiger partial charge in [-0.2, -0.15) is 0 Å². The average Bonchev–Trinajstić information content (AvgIpc) is 2.52. The smallest absolute Gasteiger partial charge is 0.122 e. The van der Waals surface area contributed by atoms with Crippen LogP contribution in [0, 0.1) is 3.57 Å². The lowest BCUT2D eigenvalue weighted by Crippen LogP contribution is -1.84. The molecule has 0 amide bonds. The van der Waals surface area contributed by atoms with Crippen LogP contribution in [0.25, 0.3) is 11.0 Å². The van der Waals surface area contributed by atoms with Crippen molar-refractivity contribution in [2.24, 2.45) is 0 Å². The number of aromatic amines is 1. The van der Waals surface area contributed by atoms with Crippen LogP contribution < -0.4 is 4.74 Å². The van der Waals surface area contributed by atoms with Crippen molar-refractivity contribution in [3.05, 3.63) is 22.0 Å². The lowest BCUT2D eigenvalue weighted by Gasteiger charge is -1.99. The molecule has 4 heteroatoms. The van der Waals surface area contributed by atoms with Crippen molar-refractivity contribution in [2.45, 2.75) is 0 Å². The number of nitrogens with zero attached hydrogens (tertiary/aromatic N) is 1. The molecule has 0 fully saturated rings. The van der Waals surface area contributed by atoms with E-state index in [1.807, 2.05) is 12.1 Å². The molecule has 12 heavy (non-hydrogen) atoms. The molecule has 3 nitrogen and oxygen atoms in total. The summed E-state index contributed by atoms with van der Waals surface area (Å²) in [5.41, 5.74) is 2.01. The zero-order valence-electron chi connectivity index (χ0n) is 6.47. The molecule has 2 aromatic rings. The van der Waals surface area contributed by atoms with E-state index in [4.69, 9.17) is 4.74 Å². The molecule has 0 radical (unpaired) electrons. The van der Waals surface area contributed by atoms with Gasteiger partial charge in [0.15, 0.2) is 0 Å². The molecule has 1 heterocycles. The zero-order chi connectivity index (χ0) is 8.55. The van der Waals surface area contributed by atoms with E-state index in [2.05, 4.69) is 32.6 Å². The molecule has 0 bridgehead atoms. The number of hydrogen-bond donors (Lipinski definition) is 1. The van der Waals surface area contributed by atoms with Crippen molar-refractivity contribution in [3.8, 4) is 5.75 Å². The molecule has 2 rings (SSSR count). The van der Waals surface area contributed by atoms with E-state index in [0.29, 0.717) is 0 Å². The minimum absolute atomic E-state index is 0.858. The fourth-order valence-electron chi connectivity index (χ4n) is 1.10. The van der Waals surface area contributed by atoms with Gasteiger partial charge in [-0.15, -0.1) is 0 Å². The Balaban J connectivity index is 2.75. The van der Waals surface area contributed by atoms with Crippen LogP contribution >= 0.6 is 22.6 Å². The number of H-pyrrole nitrogens is 1. The summed E-state index contributed by atoms with van der Waals surface area (Å²) in [7, 11) is 1.66. The Kier molecular flexibility index (Phi) is 1.92. The summed E-state index contributed by atoms with van der Waals surface area (Å²) >= 11 is 2.24. The fraction of sp³-hybridized carbons (Fsp3) is 0.125. The Hall–Kier alpha value is -0.780. The number of benzene rings is 1. The second kappa shape index (κ2) is 2.93. The first-order chi connectivity index (χ1) is 5.81. The van der Waals surface area contributed by atoms with Gasteiger partial charge in [0.2, 0.25) is 0 Å². The van der Waals surface area contributed by atoms with E-state index in [9.17, 15) is 0 Å². The number of halogens is 1. The Morgan fingerprint density at radius 3 is 3.08 bits per heavy atom. The summed E-state index contributed by atoms with van der Waals surface area (Å²) in [5.74, 6) is 0.858. The number of fused-ring (bicyclic) bond motifs is 1. The molecule has 0 spiro atoms. The summed E-state index contributed by atoms with van der Waals surface area (Å²) < 4.78 is 6.22. The molecule has 0 unspecified atom stereocenters. The van der Waals surface area contributed by atoms with Gasteiger partial charge < -0.3 is 9.72 Å². The molecular formula is C8H7IN2O. The maximum atomic E-state index is 5.12. The molecular weight excluding hydrogens is 267 g/mol. The SMILES string of the molecule is COc1cc(I)c2nc[nH]c2c1. The second-order valence-corrected chi connectivity index (χ2v) is 3.57. The van der Waals surface area contributed by atoms with Crippen molar-refractivity contribution in [2.75, 3.05) is 7.11 Å². The number of rotatable bonds is 1. The first-order valence-corrected chi connectivity index (χ1v) is 4.56. The van der Waals surface area contributed by atoms with Gasteiger partial charge in [0.05, 0.1) is 19.0 Å². The summed E-state index contributed by atoms with van der Waals surface area (Å²) in [6.45, 7) is 0. The summed E-state index contributed by atoms with van der Waals surface area (Å²) in [6.07, 6.45) is 1.69. The first kappa shape index (κ1) is 7.85. The van der Waals surface area contributed by atoms with E-state index in [1.165, 1.54) is 0 Å². The summed E-state index contributed by atoms with van der Waals surface area (Å²) in [6, 6.07) is 3.90.